The van der Waals surface area contributed by atoms with E-state index in [0.29, 0.717) is 10.9 Å². The Morgan fingerprint density at radius 3 is 2.19 bits per heavy atom. The maximum Gasteiger partial charge on any atom is 0.389 e. The van der Waals surface area contributed by atoms with Crippen molar-refractivity contribution in [1.82, 2.24) is 5.32 Å². The molecule has 0 fully saturated rings. The van der Waals surface area contributed by atoms with Gasteiger partial charge in [-0.25, -0.2) is 0 Å². The summed E-state index contributed by atoms with van der Waals surface area (Å²) >= 11 is 8.63. The number of carbonyl (C=O) groups excluding carboxylic acids is 1. The van der Waals surface area contributed by atoms with Gasteiger partial charge in [0.05, 0.1) is 16.9 Å². The minimum absolute atomic E-state index is 0.146. The number of carbonyl (C=O) groups is 1. The molecule has 1 unspecified atom stereocenters. The van der Waals surface area contributed by atoms with Gasteiger partial charge < -0.3 is 10.0 Å². The Morgan fingerprint density at radius 2 is 1.69 bits per heavy atom. The Balaban J connectivity index is 0.00000316. The second-order valence-electron chi connectivity index (χ2n) is 7.26. The van der Waals surface area contributed by atoms with Crippen molar-refractivity contribution in [3.8, 4) is 0 Å². The van der Waals surface area contributed by atoms with E-state index in [-0.39, 0.29) is 29.9 Å². The lowest BCUT2D eigenvalue weighted by Crippen LogP contribution is -2.30. The SMILES string of the molecule is C=C.CS(S)(S)Nc1ccc(N(O)Nc2cc(C(F)(F)P)ccc2C(=O)NCCCC(F)(F)F)cc1. The smallest absolute Gasteiger partial charge is 0.352 e. The highest BCUT2D eigenvalue weighted by Gasteiger charge is 2.28. The first-order valence-electron chi connectivity index (χ1n) is 10.1. The number of amides is 1. The highest BCUT2D eigenvalue weighted by Crippen LogP contribution is 2.52. The summed E-state index contributed by atoms with van der Waals surface area (Å²) in [6.07, 6.45) is -3.98. The Morgan fingerprint density at radius 1 is 1.11 bits per heavy atom. The fraction of sp³-hybridized carbons (Fsp3) is 0.286. The van der Waals surface area contributed by atoms with Crippen LogP contribution in [0.5, 0.6) is 0 Å². The van der Waals surface area contributed by atoms with E-state index in [2.05, 4.69) is 51.9 Å². The second-order valence-corrected chi connectivity index (χ2v) is 15.1. The van der Waals surface area contributed by atoms with E-state index >= 15 is 0 Å². The molecule has 0 bridgehead atoms. The van der Waals surface area contributed by atoms with Crippen LogP contribution in [0.1, 0.15) is 28.8 Å². The number of benzene rings is 2. The Bertz CT molecular complexity index is 1000. The van der Waals surface area contributed by atoms with Gasteiger partial charge in [0, 0.05) is 24.2 Å². The molecule has 0 saturated carbocycles. The summed E-state index contributed by atoms with van der Waals surface area (Å²) in [4.78, 5) is 12.5. The van der Waals surface area contributed by atoms with Crippen LogP contribution in [-0.2, 0) is 5.66 Å². The van der Waals surface area contributed by atoms with E-state index in [1.54, 1.807) is 18.4 Å². The van der Waals surface area contributed by atoms with E-state index in [1.165, 1.54) is 21.4 Å². The largest absolute Gasteiger partial charge is 0.389 e. The van der Waals surface area contributed by atoms with Crippen LogP contribution < -0.4 is 20.6 Å². The molecule has 15 heteroatoms. The molecule has 2 rings (SSSR count). The summed E-state index contributed by atoms with van der Waals surface area (Å²) < 4.78 is 67.5. The van der Waals surface area contributed by atoms with Gasteiger partial charge >= 0.3 is 6.18 Å². The van der Waals surface area contributed by atoms with Crippen molar-refractivity contribution in [2.24, 2.45) is 0 Å². The molecular weight excluding hydrogens is 562 g/mol. The average Bonchev–Trinajstić information content (AvgIpc) is 2.76. The van der Waals surface area contributed by atoms with E-state index < -0.39 is 38.0 Å². The lowest BCUT2D eigenvalue weighted by atomic mass is 10.1. The number of nitrogens with one attached hydrogen (secondary N) is 3. The molecule has 0 aromatic heterocycles. The molecule has 2 aromatic rings. The molecule has 202 valence electrons. The minimum atomic E-state index is -4.36. The summed E-state index contributed by atoms with van der Waals surface area (Å²) in [5, 5.41) is 13.3. The van der Waals surface area contributed by atoms with Crippen molar-refractivity contribution in [2.45, 2.75) is 24.7 Å². The van der Waals surface area contributed by atoms with Crippen molar-refractivity contribution < 1.29 is 32.0 Å². The van der Waals surface area contributed by atoms with Gasteiger partial charge in [0.15, 0.2) is 0 Å². The first-order chi connectivity index (χ1) is 16.5. The fourth-order valence-corrected chi connectivity index (χ4v) is 4.10. The van der Waals surface area contributed by atoms with Gasteiger partial charge in [-0.3, -0.25) is 15.4 Å². The van der Waals surface area contributed by atoms with Gasteiger partial charge in [-0.1, -0.05) is 23.6 Å². The average molecular weight is 591 g/mol. The standard InChI is InChI=1S/C19H24F5N4O2PS3.C2H4/c1-34(32,33)27-13-4-6-14(7-5-13)28(30)26-16-11-12(19(23,24)31)3-8-15(16)17(29)25-10-2-9-18(20,21)22;1-2/h3-8,11,26-27,30,32-33H,2,9-10,31H2,1H3,(H,25,29);1-2H2. The van der Waals surface area contributed by atoms with Gasteiger partial charge in [0.1, 0.15) is 0 Å². The van der Waals surface area contributed by atoms with Crippen LogP contribution in [0, 0.1) is 0 Å². The first kappa shape index (κ1) is 32.2. The molecule has 0 radical (unpaired) electrons. The molecule has 6 nitrogen and oxygen atoms in total. The number of nitrogens with zero attached hydrogens (tertiary/aromatic N) is 1. The molecule has 0 heterocycles. The van der Waals surface area contributed by atoms with Gasteiger partial charge in [0.2, 0.25) is 0 Å². The number of anilines is 3. The summed E-state index contributed by atoms with van der Waals surface area (Å²) in [6.45, 7) is 5.73. The van der Waals surface area contributed by atoms with E-state index in [1.807, 2.05) is 0 Å². The molecule has 0 saturated heterocycles. The third-order valence-electron chi connectivity index (χ3n) is 4.22. The van der Waals surface area contributed by atoms with Crippen LogP contribution in [0.4, 0.5) is 39.0 Å². The monoisotopic (exact) mass is 590 g/mol. The molecule has 0 aliphatic heterocycles. The van der Waals surface area contributed by atoms with E-state index in [4.69, 9.17) is 0 Å². The van der Waals surface area contributed by atoms with E-state index in [9.17, 15) is 32.0 Å². The van der Waals surface area contributed by atoms with Crippen LogP contribution in [0.25, 0.3) is 0 Å². The number of hydrogen-bond acceptors (Lipinski definition) is 7. The molecule has 0 aliphatic carbocycles. The quantitative estimate of drug-likeness (QED) is 0.0337. The summed E-state index contributed by atoms with van der Waals surface area (Å²) in [5.41, 5.74) is -0.771. The summed E-state index contributed by atoms with van der Waals surface area (Å²) in [7, 11) is -0.278. The van der Waals surface area contributed by atoms with Gasteiger partial charge in [-0.05, 0) is 49.1 Å². The Kier molecular flexibility index (Phi) is 12.2. The van der Waals surface area contributed by atoms with Crippen molar-refractivity contribution in [3.63, 3.8) is 0 Å². The molecule has 0 spiro atoms. The predicted molar refractivity (Wildman–Crippen MR) is 148 cm³/mol. The third-order valence-corrected chi connectivity index (χ3v) is 5.72. The summed E-state index contributed by atoms with van der Waals surface area (Å²) in [6, 6.07) is 9.34. The number of rotatable bonds is 10. The van der Waals surface area contributed by atoms with Crippen LogP contribution >= 0.6 is 40.8 Å². The predicted octanol–water partition coefficient (Wildman–Crippen LogP) is 7.16. The fourth-order valence-electron chi connectivity index (χ4n) is 2.70. The maximum atomic E-state index is 13.8. The van der Waals surface area contributed by atoms with Crippen molar-refractivity contribution in [2.75, 3.05) is 28.1 Å². The topological polar surface area (TPSA) is 76.6 Å². The van der Waals surface area contributed by atoms with Crippen LogP contribution in [0.15, 0.2) is 55.6 Å². The van der Waals surface area contributed by atoms with E-state index in [0.717, 1.165) is 18.2 Å². The van der Waals surface area contributed by atoms with Gasteiger partial charge in [-0.15, -0.1) is 36.5 Å². The lowest BCUT2D eigenvalue weighted by molar-refractivity contribution is -0.135. The normalized spacial score (nSPS) is 12.2. The van der Waals surface area contributed by atoms with Crippen LogP contribution in [-0.4, -0.2) is 30.1 Å². The molecule has 1 atom stereocenters. The zero-order valence-electron chi connectivity index (χ0n) is 19.1. The zero-order chi connectivity index (χ0) is 27.7. The lowest BCUT2D eigenvalue weighted by Gasteiger charge is -2.26. The molecule has 0 aliphatic rings. The number of thiol groups is 2. The minimum Gasteiger partial charge on any atom is -0.352 e. The van der Waals surface area contributed by atoms with Crippen molar-refractivity contribution in [1.29, 1.82) is 0 Å². The van der Waals surface area contributed by atoms with Crippen LogP contribution in [0.3, 0.4) is 0 Å². The summed E-state index contributed by atoms with van der Waals surface area (Å²) in [5.74, 6) is -0.791. The number of alkyl halides is 5. The molecule has 1 amide bonds. The van der Waals surface area contributed by atoms with Crippen LogP contribution in [0.2, 0.25) is 0 Å². The number of halogens is 5. The van der Waals surface area contributed by atoms with Gasteiger partial charge in [0.25, 0.3) is 11.6 Å². The third kappa shape index (κ3) is 11.5. The maximum absolute atomic E-state index is 13.8. The molecular formula is C21H28F5N4O2PS3. The molecule has 36 heavy (non-hydrogen) atoms. The van der Waals surface area contributed by atoms with Crippen molar-refractivity contribution in [3.05, 3.63) is 66.7 Å². The number of hydrazine groups is 1. The molecule has 2 aromatic carbocycles. The highest BCUT2D eigenvalue weighted by atomic mass is 33.5. The zero-order valence-corrected chi connectivity index (χ0v) is 22.9. The highest BCUT2D eigenvalue weighted by molar-refractivity contribution is 9.18. The molecule has 4 N–H and O–H groups in total. The first-order valence-corrected chi connectivity index (χ1v) is 14.8. The Labute approximate surface area is 220 Å². The Hall–Kier alpha value is -1.86. The number of hydrogen-bond donors (Lipinski definition) is 6. The second kappa shape index (κ2) is 13.6. The van der Waals surface area contributed by atoms with Gasteiger partial charge in [-0.2, -0.15) is 27.1 Å². The van der Waals surface area contributed by atoms with Crippen molar-refractivity contribution >= 4 is 63.8 Å².